The van der Waals surface area contributed by atoms with Crippen LogP contribution in [0.5, 0.6) is 0 Å². The Morgan fingerprint density at radius 3 is 2.52 bits per heavy atom. The van der Waals surface area contributed by atoms with Crippen LogP contribution in [0.2, 0.25) is 0 Å². The fourth-order valence-electron chi connectivity index (χ4n) is 5.63. The van der Waals surface area contributed by atoms with Gasteiger partial charge in [0.1, 0.15) is 5.54 Å². The number of imide groups is 1. The molecule has 170 valence electrons. The Bertz CT molecular complexity index is 1160. The smallest absolute Gasteiger partial charge is 0.250 e. The maximum absolute atomic E-state index is 13.7. The van der Waals surface area contributed by atoms with E-state index < -0.39 is 29.3 Å². The zero-order chi connectivity index (χ0) is 23.3. The molecule has 8 nitrogen and oxygen atoms in total. The molecule has 2 aromatic carbocycles. The predicted molar refractivity (Wildman–Crippen MR) is 121 cm³/mol. The van der Waals surface area contributed by atoms with Crippen LogP contribution in [0.15, 0.2) is 48.5 Å². The third-order valence-electron chi connectivity index (χ3n) is 7.17. The molecule has 2 saturated heterocycles. The van der Waals surface area contributed by atoms with Crippen molar-refractivity contribution in [3.63, 3.8) is 0 Å². The van der Waals surface area contributed by atoms with E-state index in [1.165, 1.54) is 4.90 Å². The van der Waals surface area contributed by atoms with Crippen LogP contribution >= 0.6 is 0 Å². The first-order valence-electron chi connectivity index (χ1n) is 11.3. The van der Waals surface area contributed by atoms with Crippen LogP contribution < -0.4 is 16.4 Å². The number of nitrogens with one attached hydrogen (secondary N) is 2. The molecule has 5 rings (SSSR count). The molecule has 3 aliphatic rings. The fraction of sp³-hybridized carbons (Fsp3) is 0.360. The lowest BCUT2D eigenvalue weighted by molar-refractivity contribution is -0.142. The molecule has 4 atom stereocenters. The first kappa shape index (κ1) is 21.3. The van der Waals surface area contributed by atoms with Crippen LogP contribution in [0.4, 0.5) is 5.69 Å². The van der Waals surface area contributed by atoms with Gasteiger partial charge >= 0.3 is 0 Å². The van der Waals surface area contributed by atoms with Gasteiger partial charge in [-0.15, -0.1) is 0 Å². The van der Waals surface area contributed by atoms with Crippen molar-refractivity contribution in [3.05, 3.63) is 65.2 Å². The molecule has 0 bridgehead atoms. The van der Waals surface area contributed by atoms with E-state index in [0.29, 0.717) is 17.7 Å². The molecule has 1 spiro atoms. The molecule has 2 fully saturated rings. The molecule has 3 heterocycles. The molecule has 0 aromatic heterocycles. The van der Waals surface area contributed by atoms with Crippen LogP contribution in [-0.4, -0.2) is 41.1 Å². The quantitative estimate of drug-likeness (QED) is 0.574. The van der Waals surface area contributed by atoms with Gasteiger partial charge in [-0.3, -0.25) is 29.4 Å². The lowest BCUT2D eigenvalue weighted by atomic mass is 9.76. The number of benzene rings is 2. The second kappa shape index (κ2) is 7.81. The molecule has 4 amide bonds. The zero-order valence-electron chi connectivity index (χ0n) is 18.3. The highest BCUT2D eigenvalue weighted by atomic mass is 16.2. The van der Waals surface area contributed by atoms with E-state index in [4.69, 9.17) is 5.73 Å². The summed E-state index contributed by atoms with van der Waals surface area (Å²) >= 11 is 0. The Hall–Kier alpha value is -3.52. The van der Waals surface area contributed by atoms with Crippen molar-refractivity contribution in [2.75, 3.05) is 11.9 Å². The van der Waals surface area contributed by atoms with Gasteiger partial charge < -0.3 is 11.1 Å². The Balaban J connectivity index is 1.56. The normalized spacial score (nSPS) is 27.7. The summed E-state index contributed by atoms with van der Waals surface area (Å²) in [5.74, 6) is -3.47. The maximum Gasteiger partial charge on any atom is 0.250 e. The molecule has 0 aliphatic carbocycles. The van der Waals surface area contributed by atoms with E-state index in [0.717, 1.165) is 17.5 Å². The van der Waals surface area contributed by atoms with Crippen LogP contribution in [-0.2, 0) is 37.6 Å². The monoisotopic (exact) mass is 446 g/mol. The predicted octanol–water partition coefficient (Wildman–Crippen LogP) is 1.09. The lowest BCUT2D eigenvalue weighted by Crippen LogP contribution is -2.53. The van der Waals surface area contributed by atoms with Crippen molar-refractivity contribution in [1.29, 1.82) is 0 Å². The minimum Gasteiger partial charge on any atom is -0.370 e. The number of carbonyl (C=O) groups is 4. The molecule has 8 heteroatoms. The summed E-state index contributed by atoms with van der Waals surface area (Å²) < 4.78 is 0. The highest BCUT2D eigenvalue weighted by molar-refractivity contribution is 6.15. The highest BCUT2D eigenvalue weighted by Crippen LogP contribution is 2.53. The van der Waals surface area contributed by atoms with Crippen LogP contribution in [0.25, 0.3) is 0 Å². The third kappa shape index (κ3) is 3.16. The molecular formula is C25H26N4O4. The molecule has 2 aromatic rings. The van der Waals surface area contributed by atoms with Gasteiger partial charge in [0, 0.05) is 30.3 Å². The Kier molecular flexibility index (Phi) is 5.05. The molecule has 33 heavy (non-hydrogen) atoms. The van der Waals surface area contributed by atoms with Crippen LogP contribution in [0.1, 0.15) is 30.0 Å². The number of hydrogen-bond acceptors (Lipinski definition) is 5. The van der Waals surface area contributed by atoms with E-state index >= 15 is 0 Å². The van der Waals surface area contributed by atoms with Gasteiger partial charge in [0.15, 0.2) is 0 Å². The maximum atomic E-state index is 13.7. The van der Waals surface area contributed by atoms with Gasteiger partial charge in [-0.2, -0.15) is 0 Å². The van der Waals surface area contributed by atoms with E-state index in [9.17, 15) is 19.2 Å². The Morgan fingerprint density at radius 2 is 1.82 bits per heavy atom. The minimum atomic E-state index is -1.40. The summed E-state index contributed by atoms with van der Waals surface area (Å²) in [5, 5.41) is 6.11. The number of primary amides is 1. The molecule has 0 saturated carbocycles. The number of fused-ring (bicyclic) bond motifs is 4. The zero-order valence-corrected chi connectivity index (χ0v) is 18.3. The van der Waals surface area contributed by atoms with Crippen LogP contribution in [0, 0.1) is 11.8 Å². The van der Waals surface area contributed by atoms with Gasteiger partial charge in [0.2, 0.25) is 23.6 Å². The molecule has 0 unspecified atom stereocenters. The summed E-state index contributed by atoms with van der Waals surface area (Å²) in [6, 6.07) is 14.6. The SMILES string of the molecule is CCc1ccc2c(c1)[C@]1(N[C@H](CC(N)=O)[C@H]3C(=O)N(CCc4ccccc4)C(=O)[C@H]31)C(=O)N2. The number of hydrogen-bond donors (Lipinski definition) is 3. The third-order valence-corrected chi connectivity index (χ3v) is 7.17. The van der Waals surface area contributed by atoms with Gasteiger partial charge in [-0.25, -0.2) is 0 Å². The number of rotatable bonds is 6. The van der Waals surface area contributed by atoms with E-state index in [1.54, 1.807) is 0 Å². The second-order valence-corrected chi connectivity index (χ2v) is 8.98. The standard InChI is InChI=1S/C25H26N4O4/c1-2-14-8-9-17-16(12-14)25(24(33)27-17)21-20(18(28-25)13-19(26)30)22(31)29(23(21)32)11-10-15-6-4-3-5-7-15/h3-9,12,18,20-21,28H,2,10-11,13H2,1H3,(H2,26,30)(H,27,33)/t18-,20-,21+,25-/m1/s1. The van der Waals surface area contributed by atoms with Crippen molar-refractivity contribution in [2.24, 2.45) is 17.6 Å². The first-order chi connectivity index (χ1) is 15.9. The number of amides is 4. The molecule has 0 radical (unpaired) electrons. The number of anilines is 1. The van der Waals surface area contributed by atoms with E-state index in [-0.39, 0.29) is 30.7 Å². The molecule has 4 N–H and O–H groups in total. The highest BCUT2D eigenvalue weighted by Gasteiger charge is 2.70. The summed E-state index contributed by atoms with van der Waals surface area (Å²) in [6.45, 7) is 2.23. The summed E-state index contributed by atoms with van der Waals surface area (Å²) in [7, 11) is 0. The van der Waals surface area contributed by atoms with Crippen molar-refractivity contribution in [2.45, 2.75) is 37.8 Å². The average Bonchev–Trinajstić information content (AvgIpc) is 3.37. The topological polar surface area (TPSA) is 122 Å². The van der Waals surface area contributed by atoms with Gasteiger partial charge in [0.05, 0.1) is 11.8 Å². The summed E-state index contributed by atoms with van der Waals surface area (Å²) in [5.41, 5.74) is 7.36. The number of aryl methyl sites for hydroxylation is 1. The van der Waals surface area contributed by atoms with Crippen molar-refractivity contribution >= 4 is 29.3 Å². The van der Waals surface area contributed by atoms with Gasteiger partial charge in [-0.05, 0) is 30.0 Å². The molecular weight excluding hydrogens is 420 g/mol. The van der Waals surface area contributed by atoms with E-state index in [1.807, 2.05) is 55.5 Å². The Morgan fingerprint density at radius 1 is 1.06 bits per heavy atom. The summed E-state index contributed by atoms with van der Waals surface area (Å²) in [4.78, 5) is 53.6. The first-order valence-corrected chi connectivity index (χ1v) is 11.3. The minimum absolute atomic E-state index is 0.134. The average molecular weight is 447 g/mol. The number of nitrogens with two attached hydrogens (primary N) is 1. The van der Waals surface area contributed by atoms with Crippen molar-refractivity contribution in [3.8, 4) is 0 Å². The van der Waals surface area contributed by atoms with Gasteiger partial charge in [-0.1, -0.05) is 49.4 Å². The lowest BCUT2D eigenvalue weighted by Gasteiger charge is -2.29. The van der Waals surface area contributed by atoms with Crippen LogP contribution in [0.3, 0.4) is 0 Å². The Labute approximate surface area is 191 Å². The van der Waals surface area contributed by atoms with Crippen molar-refractivity contribution in [1.82, 2.24) is 10.2 Å². The van der Waals surface area contributed by atoms with E-state index in [2.05, 4.69) is 10.6 Å². The number of likely N-dealkylation sites (tertiary alicyclic amines) is 1. The fourth-order valence-corrected chi connectivity index (χ4v) is 5.63. The van der Waals surface area contributed by atoms with Gasteiger partial charge in [0.25, 0.3) is 0 Å². The second-order valence-electron chi connectivity index (χ2n) is 8.98. The number of carbonyl (C=O) groups excluding carboxylic acids is 4. The summed E-state index contributed by atoms with van der Waals surface area (Å²) in [6.07, 6.45) is 1.14. The number of nitrogens with zero attached hydrogens (tertiary/aromatic N) is 1. The van der Waals surface area contributed by atoms with Crippen molar-refractivity contribution < 1.29 is 19.2 Å². The molecule has 3 aliphatic heterocycles. The largest absolute Gasteiger partial charge is 0.370 e.